The number of primary amides is 1. The van der Waals surface area contributed by atoms with Crippen molar-refractivity contribution in [3.8, 4) is 5.75 Å². The van der Waals surface area contributed by atoms with Gasteiger partial charge in [-0.15, -0.1) is 0 Å². The Morgan fingerprint density at radius 3 is 2.88 bits per heavy atom. The molecule has 6 heteroatoms. The number of benzene rings is 1. The summed E-state index contributed by atoms with van der Waals surface area (Å²) in [7, 11) is 1.61. The normalized spacial score (nSPS) is 22.7. The SMILES string of the molecule is C=C(C=NC(C)=NCC)OCC1(c2cccc(OC)c2)CC1C(N)=O. The summed E-state index contributed by atoms with van der Waals surface area (Å²) in [6.07, 6.45) is 2.19. The van der Waals surface area contributed by atoms with Crippen molar-refractivity contribution in [3.05, 3.63) is 42.2 Å². The molecule has 0 heterocycles. The second-order valence-corrected chi connectivity index (χ2v) is 6.08. The van der Waals surface area contributed by atoms with Crippen molar-refractivity contribution in [1.82, 2.24) is 0 Å². The molecule has 0 saturated heterocycles. The van der Waals surface area contributed by atoms with Crippen LogP contribution >= 0.6 is 0 Å². The summed E-state index contributed by atoms with van der Waals surface area (Å²) in [5.74, 6) is 1.24. The van der Waals surface area contributed by atoms with E-state index in [1.165, 1.54) is 6.21 Å². The minimum Gasteiger partial charge on any atom is -0.497 e. The number of rotatable bonds is 8. The third kappa shape index (κ3) is 4.47. The van der Waals surface area contributed by atoms with E-state index in [2.05, 4.69) is 16.6 Å². The molecule has 1 saturated carbocycles. The van der Waals surface area contributed by atoms with Gasteiger partial charge in [-0.1, -0.05) is 18.7 Å². The van der Waals surface area contributed by atoms with Gasteiger partial charge in [-0.2, -0.15) is 0 Å². The highest BCUT2D eigenvalue weighted by Gasteiger charge is 2.59. The Kier molecular flexibility index (Phi) is 5.96. The Morgan fingerprint density at radius 1 is 1.52 bits per heavy atom. The maximum atomic E-state index is 11.7. The van der Waals surface area contributed by atoms with Crippen molar-refractivity contribution in [2.45, 2.75) is 25.7 Å². The molecule has 2 rings (SSSR count). The van der Waals surface area contributed by atoms with Crippen LogP contribution in [0.1, 0.15) is 25.8 Å². The number of ether oxygens (including phenoxy) is 2. The standard InChI is InChI=1S/C19H25N3O3/c1-5-21-14(3)22-11-13(2)25-12-19(10-17(19)18(20)23)15-7-6-8-16(9-15)24-4/h6-9,11,17H,2,5,10,12H2,1,3-4H3,(H2,20,23). The minimum absolute atomic E-state index is 0.257. The summed E-state index contributed by atoms with van der Waals surface area (Å²) in [6.45, 7) is 8.59. The van der Waals surface area contributed by atoms with Crippen molar-refractivity contribution in [1.29, 1.82) is 0 Å². The number of amides is 1. The zero-order valence-corrected chi connectivity index (χ0v) is 15.0. The van der Waals surface area contributed by atoms with Crippen LogP contribution in [0, 0.1) is 5.92 Å². The molecule has 1 amide bonds. The highest BCUT2D eigenvalue weighted by Crippen LogP contribution is 2.55. The van der Waals surface area contributed by atoms with Crippen molar-refractivity contribution in [2.75, 3.05) is 20.3 Å². The first-order valence-electron chi connectivity index (χ1n) is 8.23. The van der Waals surface area contributed by atoms with Gasteiger partial charge in [-0.05, 0) is 38.0 Å². The molecule has 1 fully saturated rings. The molecule has 0 aliphatic heterocycles. The Labute approximate surface area is 148 Å². The van der Waals surface area contributed by atoms with E-state index in [4.69, 9.17) is 15.2 Å². The zero-order valence-electron chi connectivity index (χ0n) is 15.0. The fraction of sp³-hybridized carbons (Fsp3) is 0.421. The van der Waals surface area contributed by atoms with Crippen LogP contribution in [0.5, 0.6) is 5.75 Å². The van der Waals surface area contributed by atoms with E-state index in [0.717, 1.165) is 11.3 Å². The fourth-order valence-electron chi connectivity index (χ4n) is 2.87. The second kappa shape index (κ2) is 7.96. The van der Waals surface area contributed by atoms with E-state index >= 15 is 0 Å². The summed E-state index contributed by atoms with van der Waals surface area (Å²) in [5.41, 5.74) is 6.06. The number of nitrogens with two attached hydrogens (primary N) is 1. The summed E-state index contributed by atoms with van der Waals surface area (Å²) in [4.78, 5) is 20.1. The van der Waals surface area contributed by atoms with Crippen molar-refractivity contribution in [2.24, 2.45) is 21.6 Å². The predicted molar refractivity (Wildman–Crippen MR) is 99.2 cm³/mol. The Hall–Kier alpha value is -2.63. The molecule has 25 heavy (non-hydrogen) atoms. The Morgan fingerprint density at radius 2 is 2.28 bits per heavy atom. The highest BCUT2D eigenvalue weighted by atomic mass is 16.5. The maximum Gasteiger partial charge on any atom is 0.221 e. The number of nitrogens with zero attached hydrogens (tertiary/aromatic N) is 2. The van der Waals surface area contributed by atoms with E-state index < -0.39 is 5.41 Å². The third-order valence-electron chi connectivity index (χ3n) is 4.36. The van der Waals surface area contributed by atoms with Gasteiger partial charge in [0.15, 0.2) is 0 Å². The third-order valence-corrected chi connectivity index (χ3v) is 4.36. The monoisotopic (exact) mass is 343 g/mol. The van der Waals surface area contributed by atoms with Gasteiger partial charge < -0.3 is 15.2 Å². The van der Waals surface area contributed by atoms with Crippen LogP contribution < -0.4 is 10.5 Å². The van der Waals surface area contributed by atoms with Gasteiger partial charge in [-0.25, -0.2) is 4.99 Å². The molecule has 1 aliphatic carbocycles. The van der Waals surface area contributed by atoms with E-state index in [-0.39, 0.29) is 11.8 Å². The molecule has 6 nitrogen and oxygen atoms in total. The number of carbonyl (C=O) groups is 1. The number of hydrogen-bond donors (Lipinski definition) is 1. The molecule has 134 valence electrons. The van der Waals surface area contributed by atoms with Crippen LogP contribution in [0.2, 0.25) is 0 Å². The average Bonchev–Trinajstić information content (AvgIpc) is 3.35. The van der Waals surface area contributed by atoms with Gasteiger partial charge in [-0.3, -0.25) is 9.79 Å². The van der Waals surface area contributed by atoms with E-state index in [1.807, 2.05) is 38.1 Å². The Balaban J connectivity index is 2.10. The molecule has 2 unspecified atom stereocenters. The number of hydrogen-bond acceptors (Lipinski definition) is 4. The molecule has 0 aromatic heterocycles. The van der Waals surface area contributed by atoms with Gasteiger partial charge in [0.25, 0.3) is 0 Å². The minimum atomic E-state index is -0.441. The lowest BCUT2D eigenvalue weighted by atomic mass is 9.93. The second-order valence-electron chi connectivity index (χ2n) is 6.08. The summed E-state index contributed by atoms with van der Waals surface area (Å²) in [5, 5.41) is 0. The van der Waals surface area contributed by atoms with Crippen LogP contribution in [-0.4, -0.2) is 38.2 Å². The van der Waals surface area contributed by atoms with Gasteiger partial charge in [0, 0.05) is 12.0 Å². The molecule has 2 atom stereocenters. The number of amidine groups is 1. The van der Waals surface area contributed by atoms with Gasteiger partial charge >= 0.3 is 0 Å². The lowest BCUT2D eigenvalue weighted by Crippen LogP contribution is -2.25. The summed E-state index contributed by atoms with van der Waals surface area (Å²) in [6, 6.07) is 7.64. The van der Waals surface area contributed by atoms with E-state index in [9.17, 15) is 4.79 Å². The first-order valence-corrected chi connectivity index (χ1v) is 8.23. The average molecular weight is 343 g/mol. The quantitative estimate of drug-likeness (QED) is 0.447. The number of methoxy groups -OCH3 is 1. The molecular formula is C19H25N3O3. The fourth-order valence-corrected chi connectivity index (χ4v) is 2.87. The Bertz CT molecular complexity index is 712. The van der Waals surface area contributed by atoms with Gasteiger partial charge in [0.2, 0.25) is 5.91 Å². The molecule has 0 radical (unpaired) electrons. The lowest BCUT2D eigenvalue weighted by Gasteiger charge is -2.19. The lowest BCUT2D eigenvalue weighted by molar-refractivity contribution is -0.119. The van der Waals surface area contributed by atoms with Gasteiger partial charge in [0.1, 0.15) is 17.3 Å². The molecule has 1 aliphatic rings. The van der Waals surface area contributed by atoms with Crippen molar-refractivity contribution < 1.29 is 14.3 Å². The topological polar surface area (TPSA) is 86.3 Å². The van der Waals surface area contributed by atoms with Gasteiger partial charge in [0.05, 0.1) is 25.8 Å². The zero-order chi connectivity index (χ0) is 18.4. The predicted octanol–water partition coefficient (Wildman–Crippen LogP) is 2.48. The summed E-state index contributed by atoms with van der Waals surface area (Å²) >= 11 is 0. The summed E-state index contributed by atoms with van der Waals surface area (Å²) < 4.78 is 11.0. The van der Waals surface area contributed by atoms with Crippen LogP contribution in [0.25, 0.3) is 0 Å². The molecule has 0 spiro atoms. The van der Waals surface area contributed by atoms with Crippen LogP contribution in [0.3, 0.4) is 0 Å². The van der Waals surface area contributed by atoms with E-state index in [1.54, 1.807) is 7.11 Å². The largest absolute Gasteiger partial charge is 0.497 e. The first kappa shape index (κ1) is 18.7. The molecule has 0 bridgehead atoms. The molecular weight excluding hydrogens is 318 g/mol. The van der Waals surface area contributed by atoms with Crippen LogP contribution in [-0.2, 0) is 14.9 Å². The van der Waals surface area contributed by atoms with Crippen molar-refractivity contribution >= 4 is 18.0 Å². The van der Waals surface area contributed by atoms with Crippen LogP contribution in [0.4, 0.5) is 0 Å². The van der Waals surface area contributed by atoms with Crippen molar-refractivity contribution in [3.63, 3.8) is 0 Å². The first-order chi connectivity index (χ1) is 11.9. The van der Waals surface area contributed by atoms with E-state index in [0.29, 0.717) is 31.2 Å². The smallest absolute Gasteiger partial charge is 0.221 e. The maximum absolute atomic E-state index is 11.7. The molecule has 1 aromatic carbocycles. The molecule has 1 aromatic rings. The van der Waals surface area contributed by atoms with Crippen LogP contribution in [0.15, 0.2) is 46.6 Å². The number of allylic oxidation sites excluding steroid dienone is 1. The number of carbonyl (C=O) groups excluding carboxylic acids is 1. The molecule has 2 N–H and O–H groups in total. The number of aliphatic imine (C=N–C) groups is 2. The highest BCUT2D eigenvalue weighted by molar-refractivity contribution is 5.92.